The van der Waals surface area contributed by atoms with Crippen LogP contribution in [0.1, 0.15) is 56.9 Å². The molecule has 2 fully saturated rings. The molecule has 0 saturated heterocycles. The molecule has 0 amide bonds. The summed E-state index contributed by atoms with van der Waals surface area (Å²) in [6, 6.07) is 3.70. The number of rotatable bonds is 1. The standard InChI is InChI=1S/C16H21F2N/c17-13-7-12(8-14(18)9-13)16(19)10-15(11-16)5-3-1-2-4-6-15/h7-9H,1-6,10-11,19H2. The van der Waals surface area contributed by atoms with Crippen molar-refractivity contribution in [3.8, 4) is 0 Å². The number of hydrogen-bond donors (Lipinski definition) is 1. The van der Waals surface area contributed by atoms with E-state index in [-0.39, 0.29) is 0 Å². The Morgan fingerprint density at radius 1 is 0.842 bits per heavy atom. The van der Waals surface area contributed by atoms with Crippen molar-refractivity contribution >= 4 is 0 Å². The molecule has 1 spiro atoms. The van der Waals surface area contributed by atoms with Crippen LogP contribution in [0.4, 0.5) is 8.78 Å². The second kappa shape index (κ2) is 4.55. The van der Waals surface area contributed by atoms with Gasteiger partial charge in [0, 0.05) is 11.6 Å². The predicted octanol–water partition coefficient (Wildman–Crippen LogP) is 4.25. The fourth-order valence-corrected chi connectivity index (χ4v) is 4.16. The molecule has 2 N–H and O–H groups in total. The second-order valence-corrected chi connectivity index (χ2v) is 6.58. The zero-order chi connectivity index (χ0) is 13.5. The Kier molecular flexibility index (Phi) is 3.12. The Bertz CT molecular complexity index is 447. The van der Waals surface area contributed by atoms with Crippen LogP contribution in [0, 0.1) is 17.0 Å². The van der Waals surface area contributed by atoms with E-state index in [4.69, 9.17) is 5.73 Å². The Morgan fingerprint density at radius 2 is 1.37 bits per heavy atom. The van der Waals surface area contributed by atoms with Crippen LogP contribution < -0.4 is 5.73 Å². The van der Waals surface area contributed by atoms with Crippen molar-refractivity contribution in [2.45, 2.75) is 56.9 Å². The van der Waals surface area contributed by atoms with Crippen LogP contribution in [0.5, 0.6) is 0 Å². The molecule has 1 nitrogen and oxygen atoms in total. The summed E-state index contributed by atoms with van der Waals surface area (Å²) in [5.41, 5.74) is 6.83. The molecule has 0 radical (unpaired) electrons. The smallest absolute Gasteiger partial charge is 0.126 e. The minimum absolute atomic E-state index is 0.341. The molecular weight excluding hydrogens is 244 g/mol. The lowest BCUT2D eigenvalue weighted by molar-refractivity contribution is 0.00929. The van der Waals surface area contributed by atoms with Crippen molar-refractivity contribution < 1.29 is 8.78 Å². The Labute approximate surface area is 113 Å². The van der Waals surface area contributed by atoms with Gasteiger partial charge in [-0.15, -0.1) is 0 Å². The minimum Gasteiger partial charge on any atom is -0.321 e. The lowest BCUT2D eigenvalue weighted by atomic mass is 9.52. The second-order valence-electron chi connectivity index (χ2n) is 6.58. The van der Waals surface area contributed by atoms with Gasteiger partial charge in [0.1, 0.15) is 11.6 Å². The van der Waals surface area contributed by atoms with Crippen LogP contribution in [0.25, 0.3) is 0 Å². The Hall–Kier alpha value is -0.960. The van der Waals surface area contributed by atoms with Crippen LogP contribution in [0.2, 0.25) is 0 Å². The van der Waals surface area contributed by atoms with Crippen molar-refractivity contribution in [2.75, 3.05) is 0 Å². The molecule has 19 heavy (non-hydrogen) atoms. The summed E-state index contributed by atoms with van der Waals surface area (Å²) >= 11 is 0. The van der Waals surface area contributed by atoms with E-state index >= 15 is 0 Å². The average Bonchev–Trinajstić information content (AvgIpc) is 2.53. The first-order chi connectivity index (χ1) is 9.01. The van der Waals surface area contributed by atoms with E-state index in [0.29, 0.717) is 11.0 Å². The quantitative estimate of drug-likeness (QED) is 0.807. The van der Waals surface area contributed by atoms with Crippen LogP contribution >= 0.6 is 0 Å². The van der Waals surface area contributed by atoms with Gasteiger partial charge in [-0.05, 0) is 48.8 Å². The minimum atomic E-state index is -0.526. The normalized spacial score (nSPS) is 24.8. The van der Waals surface area contributed by atoms with Gasteiger partial charge in [-0.2, -0.15) is 0 Å². The molecule has 1 aromatic rings. The predicted molar refractivity (Wildman–Crippen MR) is 71.6 cm³/mol. The van der Waals surface area contributed by atoms with E-state index in [9.17, 15) is 8.78 Å². The summed E-state index contributed by atoms with van der Waals surface area (Å²) in [4.78, 5) is 0. The number of hydrogen-bond acceptors (Lipinski definition) is 1. The molecule has 2 aliphatic rings. The number of halogens is 2. The molecule has 0 aliphatic heterocycles. The largest absolute Gasteiger partial charge is 0.321 e. The molecule has 0 bridgehead atoms. The van der Waals surface area contributed by atoms with Gasteiger partial charge in [0.05, 0.1) is 0 Å². The van der Waals surface area contributed by atoms with Crippen molar-refractivity contribution in [1.82, 2.24) is 0 Å². The van der Waals surface area contributed by atoms with Gasteiger partial charge < -0.3 is 5.73 Å². The highest BCUT2D eigenvalue weighted by molar-refractivity contribution is 5.30. The first-order valence-electron chi connectivity index (χ1n) is 7.27. The first-order valence-corrected chi connectivity index (χ1v) is 7.27. The molecule has 3 heteroatoms. The third-order valence-electron chi connectivity index (χ3n) is 4.98. The molecule has 2 aliphatic carbocycles. The maximum atomic E-state index is 13.3. The summed E-state index contributed by atoms with van der Waals surface area (Å²) in [7, 11) is 0. The monoisotopic (exact) mass is 265 g/mol. The molecular formula is C16H21F2N. The Morgan fingerprint density at radius 3 is 1.89 bits per heavy atom. The summed E-state index contributed by atoms with van der Waals surface area (Å²) < 4.78 is 26.6. The molecule has 0 aromatic heterocycles. The van der Waals surface area contributed by atoms with Crippen LogP contribution in [0.15, 0.2) is 18.2 Å². The Balaban J connectivity index is 1.79. The molecule has 1 aromatic carbocycles. The van der Waals surface area contributed by atoms with Crippen molar-refractivity contribution in [3.63, 3.8) is 0 Å². The van der Waals surface area contributed by atoms with E-state index in [0.717, 1.165) is 18.9 Å². The van der Waals surface area contributed by atoms with E-state index < -0.39 is 17.2 Å². The van der Waals surface area contributed by atoms with E-state index in [1.54, 1.807) is 0 Å². The highest BCUT2D eigenvalue weighted by atomic mass is 19.1. The van der Waals surface area contributed by atoms with Crippen LogP contribution in [-0.2, 0) is 5.54 Å². The molecule has 104 valence electrons. The van der Waals surface area contributed by atoms with Gasteiger partial charge in [0.2, 0.25) is 0 Å². The average molecular weight is 265 g/mol. The first kappa shape index (κ1) is 13.0. The lowest BCUT2D eigenvalue weighted by Crippen LogP contribution is -2.55. The number of nitrogens with two attached hydrogens (primary N) is 1. The van der Waals surface area contributed by atoms with E-state index in [1.165, 1.54) is 50.7 Å². The van der Waals surface area contributed by atoms with E-state index in [2.05, 4.69) is 0 Å². The zero-order valence-electron chi connectivity index (χ0n) is 11.2. The summed E-state index contributed by atoms with van der Waals surface area (Å²) in [6.07, 6.45) is 9.38. The van der Waals surface area contributed by atoms with Crippen LogP contribution in [-0.4, -0.2) is 0 Å². The number of benzene rings is 1. The zero-order valence-corrected chi connectivity index (χ0v) is 11.2. The summed E-state index contributed by atoms with van der Waals surface area (Å²) in [6.45, 7) is 0. The summed E-state index contributed by atoms with van der Waals surface area (Å²) in [5, 5.41) is 0. The summed E-state index contributed by atoms with van der Waals surface area (Å²) in [5.74, 6) is -1.05. The van der Waals surface area contributed by atoms with Gasteiger partial charge in [-0.3, -0.25) is 0 Å². The van der Waals surface area contributed by atoms with Crippen molar-refractivity contribution in [3.05, 3.63) is 35.4 Å². The van der Waals surface area contributed by atoms with Gasteiger partial charge >= 0.3 is 0 Å². The van der Waals surface area contributed by atoms with Gasteiger partial charge in [0.15, 0.2) is 0 Å². The molecule has 0 atom stereocenters. The third kappa shape index (κ3) is 2.40. The van der Waals surface area contributed by atoms with E-state index in [1.807, 2.05) is 0 Å². The third-order valence-corrected chi connectivity index (χ3v) is 4.98. The highest BCUT2D eigenvalue weighted by Crippen LogP contribution is 2.58. The molecule has 0 heterocycles. The fourth-order valence-electron chi connectivity index (χ4n) is 4.16. The van der Waals surface area contributed by atoms with Gasteiger partial charge in [-0.25, -0.2) is 8.78 Å². The molecule has 0 unspecified atom stereocenters. The highest BCUT2D eigenvalue weighted by Gasteiger charge is 2.52. The lowest BCUT2D eigenvalue weighted by Gasteiger charge is -2.55. The molecule has 2 saturated carbocycles. The van der Waals surface area contributed by atoms with Gasteiger partial charge in [0.25, 0.3) is 0 Å². The van der Waals surface area contributed by atoms with Gasteiger partial charge in [-0.1, -0.05) is 25.7 Å². The van der Waals surface area contributed by atoms with Crippen LogP contribution in [0.3, 0.4) is 0 Å². The maximum absolute atomic E-state index is 13.3. The topological polar surface area (TPSA) is 26.0 Å². The SMILES string of the molecule is NC1(c2cc(F)cc(F)c2)CC2(CCCCCC2)C1. The van der Waals surface area contributed by atoms with Crippen molar-refractivity contribution in [2.24, 2.45) is 11.1 Å². The fraction of sp³-hybridized carbons (Fsp3) is 0.625. The maximum Gasteiger partial charge on any atom is 0.126 e. The van der Waals surface area contributed by atoms with Crippen molar-refractivity contribution in [1.29, 1.82) is 0 Å². The molecule has 3 rings (SSSR count).